The van der Waals surface area contributed by atoms with Gasteiger partial charge in [-0.25, -0.2) is 0 Å². The van der Waals surface area contributed by atoms with Crippen molar-refractivity contribution in [2.24, 2.45) is 0 Å². The lowest BCUT2D eigenvalue weighted by atomic mass is 10.1. The van der Waals surface area contributed by atoms with Crippen LogP contribution in [-0.2, 0) is 4.79 Å². The predicted molar refractivity (Wildman–Crippen MR) is 66.7 cm³/mol. The van der Waals surface area contributed by atoms with Crippen molar-refractivity contribution >= 4 is 5.91 Å². The van der Waals surface area contributed by atoms with E-state index in [-0.39, 0.29) is 18.6 Å². The Balaban J connectivity index is 1.87. The zero-order valence-electron chi connectivity index (χ0n) is 10.6. The second-order valence-electron chi connectivity index (χ2n) is 5.24. The molecule has 2 aliphatic heterocycles. The van der Waals surface area contributed by atoms with Gasteiger partial charge in [-0.1, -0.05) is 12.8 Å². The monoisotopic (exact) mass is 240 g/mol. The van der Waals surface area contributed by atoms with Gasteiger partial charge in [-0.15, -0.1) is 0 Å². The van der Waals surface area contributed by atoms with Crippen molar-refractivity contribution in [3.63, 3.8) is 0 Å². The molecule has 17 heavy (non-hydrogen) atoms. The first-order valence-corrected chi connectivity index (χ1v) is 6.94. The molecule has 1 unspecified atom stereocenters. The van der Waals surface area contributed by atoms with Crippen LogP contribution in [0.2, 0.25) is 0 Å². The molecule has 98 valence electrons. The van der Waals surface area contributed by atoms with Crippen LogP contribution in [0.25, 0.3) is 0 Å². The quantitative estimate of drug-likeness (QED) is 0.795. The van der Waals surface area contributed by atoms with Crippen LogP contribution in [0.15, 0.2) is 0 Å². The minimum atomic E-state index is 0.188. The summed E-state index contributed by atoms with van der Waals surface area (Å²) in [4.78, 5) is 16.2. The van der Waals surface area contributed by atoms with Crippen LogP contribution in [0.1, 0.15) is 38.5 Å². The zero-order valence-corrected chi connectivity index (χ0v) is 10.6. The Morgan fingerprint density at radius 1 is 1.06 bits per heavy atom. The number of carbonyl (C=O) groups excluding carboxylic acids is 1. The van der Waals surface area contributed by atoms with Gasteiger partial charge in [0.15, 0.2) is 0 Å². The molecule has 2 rings (SSSR count). The second-order valence-corrected chi connectivity index (χ2v) is 5.24. The molecule has 2 saturated heterocycles. The summed E-state index contributed by atoms with van der Waals surface area (Å²) in [6.07, 6.45) is 6.89. The summed E-state index contributed by atoms with van der Waals surface area (Å²) in [5.41, 5.74) is 0. The Bertz CT molecular complexity index is 252. The summed E-state index contributed by atoms with van der Waals surface area (Å²) in [5, 5.41) is 9.40. The third-order valence-corrected chi connectivity index (χ3v) is 4.01. The van der Waals surface area contributed by atoms with Crippen molar-refractivity contribution in [2.45, 2.75) is 44.6 Å². The van der Waals surface area contributed by atoms with Crippen LogP contribution < -0.4 is 0 Å². The van der Waals surface area contributed by atoms with Crippen LogP contribution >= 0.6 is 0 Å². The highest BCUT2D eigenvalue weighted by atomic mass is 16.3. The molecular weight excluding hydrogens is 216 g/mol. The van der Waals surface area contributed by atoms with Crippen molar-refractivity contribution in [1.82, 2.24) is 9.80 Å². The molecule has 0 aliphatic carbocycles. The highest BCUT2D eigenvalue weighted by Crippen LogP contribution is 2.17. The van der Waals surface area contributed by atoms with Crippen LogP contribution in [0.3, 0.4) is 0 Å². The molecule has 0 bridgehead atoms. The predicted octanol–water partition coefficient (Wildman–Crippen LogP) is 0.846. The van der Waals surface area contributed by atoms with Crippen LogP contribution in [0.4, 0.5) is 0 Å². The second kappa shape index (κ2) is 6.36. The van der Waals surface area contributed by atoms with Crippen molar-refractivity contribution in [3.8, 4) is 0 Å². The van der Waals surface area contributed by atoms with Gasteiger partial charge in [0.05, 0.1) is 13.2 Å². The molecule has 4 nitrogen and oxygen atoms in total. The zero-order chi connectivity index (χ0) is 12.1. The first kappa shape index (κ1) is 12.8. The normalized spacial score (nSPS) is 27.1. The van der Waals surface area contributed by atoms with Crippen LogP contribution in [-0.4, -0.2) is 59.6 Å². The van der Waals surface area contributed by atoms with E-state index in [0.29, 0.717) is 6.54 Å². The third-order valence-electron chi connectivity index (χ3n) is 4.01. The summed E-state index contributed by atoms with van der Waals surface area (Å²) in [6.45, 7) is 3.51. The number of likely N-dealkylation sites (tertiary alicyclic amines) is 2. The van der Waals surface area contributed by atoms with E-state index >= 15 is 0 Å². The summed E-state index contributed by atoms with van der Waals surface area (Å²) >= 11 is 0. The third kappa shape index (κ3) is 3.42. The molecule has 2 aliphatic rings. The highest BCUT2D eigenvalue weighted by molar-refractivity contribution is 5.78. The van der Waals surface area contributed by atoms with Gasteiger partial charge in [0.2, 0.25) is 5.91 Å². The first-order valence-electron chi connectivity index (χ1n) is 6.94. The van der Waals surface area contributed by atoms with Gasteiger partial charge in [0.25, 0.3) is 0 Å². The Morgan fingerprint density at radius 2 is 1.76 bits per heavy atom. The molecule has 0 spiro atoms. The summed E-state index contributed by atoms with van der Waals surface area (Å²) < 4.78 is 0. The van der Waals surface area contributed by atoms with E-state index < -0.39 is 0 Å². The van der Waals surface area contributed by atoms with Gasteiger partial charge in [-0.2, -0.15) is 0 Å². The molecule has 0 radical (unpaired) electrons. The van der Waals surface area contributed by atoms with E-state index in [1.807, 2.05) is 4.90 Å². The molecule has 2 fully saturated rings. The number of amides is 1. The Morgan fingerprint density at radius 3 is 2.47 bits per heavy atom. The molecule has 4 heteroatoms. The fourth-order valence-corrected chi connectivity index (χ4v) is 2.89. The molecule has 1 N–H and O–H groups in total. The number of aliphatic hydroxyl groups is 1. The summed E-state index contributed by atoms with van der Waals surface area (Å²) in [7, 11) is 0. The van der Waals surface area contributed by atoms with Gasteiger partial charge < -0.3 is 10.0 Å². The fourth-order valence-electron chi connectivity index (χ4n) is 2.89. The lowest BCUT2D eigenvalue weighted by Crippen LogP contribution is -2.45. The van der Waals surface area contributed by atoms with Crippen LogP contribution in [0, 0.1) is 0 Å². The molecular formula is C13H24N2O2. The lowest BCUT2D eigenvalue weighted by Gasteiger charge is -2.29. The maximum Gasteiger partial charge on any atom is 0.236 e. The van der Waals surface area contributed by atoms with E-state index in [0.717, 1.165) is 45.3 Å². The van der Waals surface area contributed by atoms with E-state index in [4.69, 9.17) is 0 Å². The minimum Gasteiger partial charge on any atom is -0.395 e. The van der Waals surface area contributed by atoms with Crippen molar-refractivity contribution in [2.75, 3.05) is 32.8 Å². The number of hydrogen-bond donors (Lipinski definition) is 1. The molecule has 0 aromatic rings. The molecule has 2 heterocycles. The Kier molecular flexibility index (Phi) is 4.80. The molecule has 0 aromatic carbocycles. The first-order chi connectivity index (χ1) is 8.31. The highest BCUT2D eigenvalue weighted by Gasteiger charge is 2.25. The van der Waals surface area contributed by atoms with Gasteiger partial charge in [0.1, 0.15) is 0 Å². The molecule has 0 aromatic heterocycles. The number of aliphatic hydroxyl groups excluding tert-OH is 1. The van der Waals surface area contributed by atoms with Gasteiger partial charge in [-0.3, -0.25) is 9.69 Å². The number of rotatable bonds is 3. The van der Waals surface area contributed by atoms with E-state index in [1.54, 1.807) is 0 Å². The smallest absolute Gasteiger partial charge is 0.236 e. The lowest BCUT2D eigenvalue weighted by molar-refractivity contribution is -0.132. The fraction of sp³-hybridized carbons (Fsp3) is 0.923. The Hall–Kier alpha value is -0.610. The number of nitrogens with zero attached hydrogens (tertiary/aromatic N) is 2. The average Bonchev–Trinajstić information content (AvgIpc) is 2.78. The van der Waals surface area contributed by atoms with Crippen LogP contribution in [0.5, 0.6) is 0 Å². The standard InChI is InChI=1S/C13H24N2O2/c16-11-12-6-2-1-3-9-15(12)10-13(17)14-7-4-5-8-14/h12,16H,1-11H2. The largest absolute Gasteiger partial charge is 0.395 e. The molecule has 1 atom stereocenters. The molecule has 0 saturated carbocycles. The van der Waals surface area contributed by atoms with E-state index in [9.17, 15) is 9.90 Å². The minimum absolute atomic E-state index is 0.188. The van der Waals surface area contributed by atoms with Gasteiger partial charge >= 0.3 is 0 Å². The maximum atomic E-state index is 12.1. The summed E-state index contributed by atoms with van der Waals surface area (Å²) in [5.74, 6) is 0.253. The van der Waals surface area contributed by atoms with Crippen molar-refractivity contribution in [1.29, 1.82) is 0 Å². The topological polar surface area (TPSA) is 43.8 Å². The van der Waals surface area contributed by atoms with Gasteiger partial charge in [0, 0.05) is 19.1 Å². The average molecular weight is 240 g/mol. The SMILES string of the molecule is O=C(CN1CCCCCC1CO)N1CCCC1. The Labute approximate surface area is 104 Å². The van der Waals surface area contributed by atoms with E-state index in [2.05, 4.69) is 4.90 Å². The van der Waals surface area contributed by atoms with Gasteiger partial charge in [-0.05, 0) is 32.2 Å². The summed E-state index contributed by atoms with van der Waals surface area (Å²) in [6, 6.07) is 0.198. The number of carbonyl (C=O) groups is 1. The van der Waals surface area contributed by atoms with Crippen molar-refractivity contribution in [3.05, 3.63) is 0 Å². The van der Waals surface area contributed by atoms with E-state index in [1.165, 1.54) is 12.8 Å². The van der Waals surface area contributed by atoms with Crippen molar-refractivity contribution < 1.29 is 9.90 Å². The molecule has 1 amide bonds. The number of hydrogen-bond acceptors (Lipinski definition) is 3. The maximum absolute atomic E-state index is 12.1.